The van der Waals surface area contributed by atoms with Crippen LogP contribution in [-0.4, -0.2) is 75.4 Å². The third-order valence-electron chi connectivity index (χ3n) is 5.98. The molecule has 2 rings (SSSR count). The van der Waals surface area contributed by atoms with Gasteiger partial charge >= 0.3 is 0 Å². The molecule has 8 nitrogen and oxygen atoms in total. The molecular formula is C23H34N8. The first-order valence-electron chi connectivity index (χ1n) is 10.4. The summed E-state index contributed by atoms with van der Waals surface area (Å²) in [6, 6.07) is 7.82. The summed E-state index contributed by atoms with van der Waals surface area (Å²) in [7, 11) is 10.1. The van der Waals surface area contributed by atoms with E-state index >= 15 is 0 Å². The van der Waals surface area contributed by atoms with Crippen molar-refractivity contribution >= 4 is 11.4 Å². The van der Waals surface area contributed by atoms with Crippen molar-refractivity contribution in [2.75, 3.05) is 58.7 Å². The van der Waals surface area contributed by atoms with Gasteiger partial charge in [0.05, 0.1) is 41.4 Å². The molecule has 1 aromatic carbocycles. The first kappa shape index (κ1) is 24.1. The molecule has 1 fully saturated rings. The Kier molecular flexibility index (Phi) is 8.32. The molecule has 0 aromatic heterocycles. The van der Waals surface area contributed by atoms with Crippen LogP contribution < -0.4 is 16.0 Å². The smallest absolute Gasteiger partial charge is 0.101 e. The van der Waals surface area contributed by atoms with Crippen LogP contribution in [0.25, 0.3) is 0 Å². The lowest BCUT2D eigenvalue weighted by Gasteiger charge is -2.42. The topological polar surface area (TPSA) is 98.6 Å². The van der Waals surface area contributed by atoms with Crippen molar-refractivity contribution in [1.29, 1.82) is 10.5 Å². The minimum atomic E-state index is 0.0416. The molecule has 2 unspecified atom stereocenters. The third kappa shape index (κ3) is 5.29. The summed E-state index contributed by atoms with van der Waals surface area (Å²) in [6.07, 6.45) is 5.59. The highest BCUT2D eigenvalue weighted by Crippen LogP contribution is 2.33. The summed E-state index contributed by atoms with van der Waals surface area (Å²) in [6.45, 7) is 6.02. The van der Waals surface area contributed by atoms with Crippen molar-refractivity contribution in [3.8, 4) is 12.1 Å². The number of nitrogens with two attached hydrogens (primary N) is 1. The van der Waals surface area contributed by atoms with Crippen LogP contribution in [-0.2, 0) is 0 Å². The van der Waals surface area contributed by atoms with Crippen LogP contribution in [0.3, 0.4) is 0 Å². The molecule has 1 aliphatic rings. The van der Waals surface area contributed by atoms with Gasteiger partial charge in [-0.2, -0.15) is 10.5 Å². The van der Waals surface area contributed by atoms with E-state index in [0.717, 1.165) is 36.5 Å². The Morgan fingerprint density at radius 2 is 1.84 bits per heavy atom. The SMILES string of the molecule is C=C1C(N(C)c2cc(C#N)c(C#N)cc2NC)CCCN(C)C(C=CN)N(C)CN1C. The van der Waals surface area contributed by atoms with Crippen LogP contribution >= 0.6 is 0 Å². The zero-order chi connectivity index (χ0) is 23.1. The second-order valence-electron chi connectivity index (χ2n) is 8.02. The van der Waals surface area contributed by atoms with E-state index in [-0.39, 0.29) is 12.2 Å². The molecule has 8 heteroatoms. The summed E-state index contributed by atoms with van der Waals surface area (Å²) in [4.78, 5) is 8.83. The van der Waals surface area contributed by atoms with Crippen LogP contribution in [0.5, 0.6) is 0 Å². The van der Waals surface area contributed by atoms with Crippen LogP contribution in [0, 0.1) is 22.7 Å². The van der Waals surface area contributed by atoms with E-state index in [9.17, 15) is 10.5 Å². The van der Waals surface area contributed by atoms with Gasteiger partial charge in [-0.3, -0.25) is 9.80 Å². The van der Waals surface area contributed by atoms with Gasteiger partial charge in [0.1, 0.15) is 12.1 Å². The molecule has 0 bridgehead atoms. The summed E-state index contributed by atoms with van der Waals surface area (Å²) >= 11 is 0. The first-order chi connectivity index (χ1) is 14.8. The van der Waals surface area contributed by atoms with Gasteiger partial charge in [0.15, 0.2) is 0 Å². The van der Waals surface area contributed by atoms with Crippen molar-refractivity contribution in [3.05, 3.63) is 47.8 Å². The van der Waals surface area contributed by atoms with Gasteiger partial charge < -0.3 is 20.9 Å². The minimum Gasteiger partial charge on any atom is -0.405 e. The Hall–Kier alpha value is -3.20. The predicted molar refractivity (Wildman–Crippen MR) is 126 cm³/mol. The van der Waals surface area contributed by atoms with Gasteiger partial charge in [0, 0.05) is 26.8 Å². The molecule has 1 heterocycles. The highest BCUT2D eigenvalue weighted by Gasteiger charge is 2.27. The van der Waals surface area contributed by atoms with E-state index in [1.54, 1.807) is 18.3 Å². The number of nitriles is 2. The molecular weight excluding hydrogens is 388 g/mol. The lowest BCUT2D eigenvalue weighted by atomic mass is 10.0. The number of nitrogens with zero attached hydrogens (tertiary/aromatic N) is 6. The van der Waals surface area contributed by atoms with E-state index in [0.29, 0.717) is 17.8 Å². The fourth-order valence-corrected chi connectivity index (χ4v) is 4.18. The molecule has 0 radical (unpaired) electrons. The van der Waals surface area contributed by atoms with Gasteiger partial charge in [-0.05, 0) is 57.9 Å². The number of anilines is 2. The summed E-state index contributed by atoms with van der Waals surface area (Å²) in [5, 5.41) is 22.1. The van der Waals surface area contributed by atoms with E-state index < -0.39 is 0 Å². The largest absolute Gasteiger partial charge is 0.405 e. The van der Waals surface area contributed by atoms with Gasteiger partial charge in [-0.25, -0.2) is 0 Å². The molecule has 2 atom stereocenters. The summed E-state index contributed by atoms with van der Waals surface area (Å²) < 4.78 is 0. The van der Waals surface area contributed by atoms with E-state index in [2.05, 4.69) is 57.7 Å². The number of hydrogen-bond donors (Lipinski definition) is 2. The molecule has 1 aromatic rings. The normalized spacial score (nSPS) is 21.5. The van der Waals surface area contributed by atoms with E-state index in [1.165, 1.54) is 0 Å². The van der Waals surface area contributed by atoms with Crippen molar-refractivity contribution in [2.24, 2.45) is 5.73 Å². The van der Waals surface area contributed by atoms with Crippen molar-refractivity contribution in [2.45, 2.75) is 25.0 Å². The molecule has 31 heavy (non-hydrogen) atoms. The van der Waals surface area contributed by atoms with Gasteiger partial charge in [-0.15, -0.1) is 0 Å². The fraction of sp³-hybridized carbons (Fsp3) is 0.478. The lowest BCUT2D eigenvalue weighted by molar-refractivity contribution is 0.0742. The Morgan fingerprint density at radius 3 is 2.42 bits per heavy atom. The number of hydrogen-bond acceptors (Lipinski definition) is 8. The Labute approximate surface area is 186 Å². The maximum atomic E-state index is 9.51. The Morgan fingerprint density at radius 1 is 1.19 bits per heavy atom. The maximum absolute atomic E-state index is 9.51. The number of nitrogens with one attached hydrogen (secondary N) is 1. The molecule has 0 spiro atoms. The molecule has 1 saturated heterocycles. The standard InChI is InChI=1S/C23H34N8/c1-17-21(8-7-11-28(3)23(9-10-24)30(5)16-29(17)4)31(6)22-13-19(15-26)18(14-25)12-20(22)27-2/h9-10,12-13,21,23,27H,1,7-8,11,16,24H2,2-6H3. The molecule has 0 amide bonds. The average Bonchev–Trinajstić information content (AvgIpc) is 2.77. The summed E-state index contributed by atoms with van der Waals surface area (Å²) in [5.41, 5.74) is 9.11. The molecule has 0 aliphatic carbocycles. The van der Waals surface area contributed by atoms with Gasteiger partial charge in [-0.1, -0.05) is 6.58 Å². The van der Waals surface area contributed by atoms with Gasteiger partial charge in [0.2, 0.25) is 0 Å². The zero-order valence-electron chi connectivity index (χ0n) is 19.3. The molecule has 3 N–H and O–H groups in total. The van der Waals surface area contributed by atoms with E-state index in [4.69, 9.17) is 5.73 Å². The molecule has 0 saturated carbocycles. The van der Waals surface area contributed by atoms with E-state index in [1.807, 2.05) is 27.2 Å². The fourth-order valence-electron chi connectivity index (χ4n) is 4.18. The number of likely N-dealkylation sites (N-methyl/N-ethyl adjacent to an activating group) is 4. The van der Waals surface area contributed by atoms with Crippen LogP contribution in [0.4, 0.5) is 11.4 Å². The first-order valence-corrected chi connectivity index (χ1v) is 10.4. The lowest BCUT2D eigenvalue weighted by Crippen LogP contribution is -2.50. The average molecular weight is 423 g/mol. The number of benzene rings is 1. The monoisotopic (exact) mass is 422 g/mol. The van der Waals surface area contributed by atoms with Crippen molar-refractivity contribution in [3.63, 3.8) is 0 Å². The minimum absolute atomic E-state index is 0.0416. The Balaban J connectivity index is 2.41. The Bertz CT molecular complexity index is 894. The number of rotatable bonds is 4. The molecule has 1 aliphatic heterocycles. The predicted octanol–water partition coefficient (Wildman–Crippen LogP) is 2.14. The summed E-state index contributed by atoms with van der Waals surface area (Å²) in [5.74, 6) is 0. The molecule has 166 valence electrons. The zero-order valence-corrected chi connectivity index (χ0v) is 19.3. The van der Waals surface area contributed by atoms with Crippen molar-refractivity contribution in [1.82, 2.24) is 14.7 Å². The second kappa shape index (κ2) is 10.7. The maximum Gasteiger partial charge on any atom is 0.101 e. The van der Waals surface area contributed by atoms with Crippen molar-refractivity contribution < 1.29 is 0 Å². The third-order valence-corrected chi connectivity index (χ3v) is 5.98. The van der Waals surface area contributed by atoms with Gasteiger partial charge in [0.25, 0.3) is 0 Å². The van der Waals surface area contributed by atoms with Crippen LogP contribution in [0.1, 0.15) is 24.0 Å². The van der Waals surface area contributed by atoms with Crippen LogP contribution in [0.2, 0.25) is 0 Å². The van der Waals surface area contributed by atoms with Crippen LogP contribution in [0.15, 0.2) is 36.7 Å². The highest BCUT2D eigenvalue weighted by atomic mass is 15.4. The second-order valence-corrected chi connectivity index (χ2v) is 8.02. The highest BCUT2D eigenvalue weighted by molar-refractivity contribution is 5.75. The quantitative estimate of drug-likeness (QED) is 0.761.